The summed E-state index contributed by atoms with van der Waals surface area (Å²) in [4.78, 5) is 10.2. The van der Waals surface area contributed by atoms with E-state index in [1.165, 1.54) is 0 Å². The van der Waals surface area contributed by atoms with E-state index in [9.17, 15) is 15.0 Å². The Morgan fingerprint density at radius 3 is 2.69 bits per heavy atom. The lowest BCUT2D eigenvalue weighted by molar-refractivity contribution is -0.307. The number of carboxylic acids is 1. The number of carbonyl (C=O) groups is 1. The Morgan fingerprint density at radius 2 is 2.15 bits per heavy atom. The Labute approximate surface area is 84.1 Å². The van der Waals surface area contributed by atoms with E-state index < -0.39 is 12.1 Å². The zero-order valence-electron chi connectivity index (χ0n) is 6.74. The van der Waals surface area contributed by atoms with Gasteiger partial charge in [0.2, 0.25) is 0 Å². The summed E-state index contributed by atoms with van der Waals surface area (Å²) >= 11 is 3.21. The molecule has 0 heterocycles. The Balaban J connectivity index is 2.82. The molecule has 0 spiro atoms. The molecule has 1 unspecified atom stereocenters. The number of aliphatic carboxylic acids is 1. The van der Waals surface area contributed by atoms with E-state index in [4.69, 9.17) is 0 Å². The van der Waals surface area contributed by atoms with Crippen LogP contribution in [0.15, 0.2) is 28.7 Å². The molecule has 0 aliphatic rings. The summed E-state index contributed by atoms with van der Waals surface area (Å²) < 4.78 is 0.698. The van der Waals surface area contributed by atoms with E-state index >= 15 is 0 Å². The van der Waals surface area contributed by atoms with Gasteiger partial charge in [0.1, 0.15) is 0 Å². The monoisotopic (exact) mass is 243 g/mol. The Bertz CT molecular complexity index is 311. The first kappa shape index (κ1) is 10.2. The van der Waals surface area contributed by atoms with E-state index in [1.807, 2.05) is 0 Å². The molecule has 0 saturated heterocycles. The molecule has 1 aromatic rings. The highest BCUT2D eigenvalue weighted by atomic mass is 79.9. The van der Waals surface area contributed by atoms with Crippen molar-refractivity contribution in [1.29, 1.82) is 0 Å². The molecule has 0 aromatic heterocycles. The lowest BCUT2D eigenvalue weighted by Crippen LogP contribution is -2.24. The van der Waals surface area contributed by atoms with Crippen molar-refractivity contribution < 1.29 is 15.0 Å². The average molecular weight is 244 g/mol. The summed E-state index contributed by atoms with van der Waals surface area (Å²) in [5, 5.41) is 19.6. The maximum atomic E-state index is 10.2. The second kappa shape index (κ2) is 4.39. The van der Waals surface area contributed by atoms with Crippen molar-refractivity contribution in [1.82, 2.24) is 0 Å². The van der Waals surface area contributed by atoms with E-state index in [0.29, 0.717) is 10.0 Å². The van der Waals surface area contributed by atoms with Gasteiger partial charge in [-0.1, -0.05) is 34.1 Å². The standard InChI is InChI=1S/C9H9BrO3/c10-7-4-2-1-3-6(7)8(11)5-9(12)13/h1-4,8,11H,5H2,(H,12,13)/p-1. The van der Waals surface area contributed by atoms with E-state index in [-0.39, 0.29) is 6.42 Å². The number of carbonyl (C=O) groups excluding carboxylic acids is 1. The normalized spacial score (nSPS) is 12.5. The second-order valence-corrected chi connectivity index (χ2v) is 3.47. The van der Waals surface area contributed by atoms with Crippen molar-refractivity contribution in [2.45, 2.75) is 12.5 Å². The zero-order valence-corrected chi connectivity index (χ0v) is 8.32. The molecule has 1 N–H and O–H groups in total. The van der Waals surface area contributed by atoms with Gasteiger partial charge in [0, 0.05) is 16.9 Å². The number of aliphatic hydroxyl groups is 1. The van der Waals surface area contributed by atoms with Crippen molar-refractivity contribution >= 4 is 21.9 Å². The highest BCUT2D eigenvalue weighted by Gasteiger charge is 2.10. The third-order valence-corrected chi connectivity index (χ3v) is 2.35. The summed E-state index contributed by atoms with van der Waals surface area (Å²) in [7, 11) is 0. The van der Waals surface area contributed by atoms with Crippen LogP contribution < -0.4 is 5.11 Å². The quantitative estimate of drug-likeness (QED) is 0.847. The molecule has 0 fully saturated rings. The summed E-state index contributed by atoms with van der Waals surface area (Å²) in [6.45, 7) is 0. The van der Waals surface area contributed by atoms with Crippen LogP contribution in [0.1, 0.15) is 18.1 Å². The van der Waals surface area contributed by atoms with E-state index in [2.05, 4.69) is 15.9 Å². The van der Waals surface area contributed by atoms with Gasteiger partial charge in [-0.25, -0.2) is 0 Å². The number of carboxylic acid groups (broad SMARTS) is 1. The summed E-state index contributed by atoms with van der Waals surface area (Å²) in [6.07, 6.45) is -1.40. The highest BCUT2D eigenvalue weighted by Crippen LogP contribution is 2.24. The first-order valence-corrected chi connectivity index (χ1v) is 4.53. The second-order valence-electron chi connectivity index (χ2n) is 2.61. The fraction of sp³-hybridized carbons (Fsp3) is 0.222. The van der Waals surface area contributed by atoms with Crippen LogP contribution in [0.25, 0.3) is 0 Å². The Morgan fingerprint density at radius 1 is 1.54 bits per heavy atom. The third kappa shape index (κ3) is 2.82. The summed E-state index contributed by atoms with van der Waals surface area (Å²) in [5.41, 5.74) is 0.562. The Kier molecular flexibility index (Phi) is 3.45. The van der Waals surface area contributed by atoms with Gasteiger partial charge >= 0.3 is 0 Å². The van der Waals surface area contributed by atoms with Gasteiger partial charge in [-0.2, -0.15) is 0 Å². The molecular weight excluding hydrogens is 236 g/mol. The molecule has 1 atom stereocenters. The van der Waals surface area contributed by atoms with Gasteiger partial charge in [-0.15, -0.1) is 0 Å². The molecule has 3 nitrogen and oxygen atoms in total. The predicted molar refractivity (Wildman–Crippen MR) is 48.7 cm³/mol. The minimum atomic E-state index is -1.26. The Hall–Kier alpha value is -0.870. The van der Waals surface area contributed by atoms with Crippen LogP contribution in [0.3, 0.4) is 0 Å². The molecule has 0 aliphatic carbocycles. The van der Waals surface area contributed by atoms with Gasteiger partial charge in [0.25, 0.3) is 0 Å². The van der Waals surface area contributed by atoms with Crippen molar-refractivity contribution in [3.63, 3.8) is 0 Å². The first-order chi connectivity index (χ1) is 6.11. The van der Waals surface area contributed by atoms with E-state index in [0.717, 1.165) is 0 Å². The number of hydrogen-bond donors (Lipinski definition) is 1. The van der Waals surface area contributed by atoms with Gasteiger partial charge in [-0.05, 0) is 11.6 Å². The van der Waals surface area contributed by atoms with Gasteiger partial charge in [0.15, 0.2) is 0 Å². The maximum absolute atomic E-state index is 10.2. The van der Waals surface area contributed by atoms with Crippen LogP contribution in [0.4, 0.5) is 0 Å². The van der Waals surface area contributed by atoms with Gasteiger partial charge in [-0.3, -0.25) is 0 Å². The fourth-order valence-electron chi connectivity index (χ4n) is 1.01. The van der Waals surface area contributed by atoms with Crippen LogP contribution in [0, 0.1) is 0 Å². The SMILES string of the molecule is O=C([O-])CC(O)c1ccccc1Br. The number of aliphatic hydroxyl groups excluding tert-OH is 1. The summed E-state index contributed by atoms with van der Waals surface area (Å²) in [6, 6.07) is 6.93. The minimum Gasteiger partial charge on any atom is -0.550 e. The topological polar surface area (TPSA) is 60.4 Å². The zero-order chi connectivity index (χ0) is 9.84. The maximum Gasteiger partial charge on any atom is 0.0853 e. The number of hydrogen-bond acceptors (Lipinski definition) is 3. The van der Waals surface area contributed by atoms with Crippen LogP contribution in [-0.2, 0) is 4.79 Å². The largest absolute Gasteiger partial charge is 0.550 e. The van der Waals surface area contributed by atoms with Crippen molar-refractivity contribution in [3.8, 4) is 0 Å². The molecule has 1 aromatic carbocycles. The average Bonchev–Trinajstić information content (AvgIpc) is 2.03. The van der Waals surface area contributed by atoms with Gasteiger partial charge < -0.3 is 15.0 Å². The fourth-order valence-corrected chi connectivity index (χ4v) is 1.56. The molecule has 0 bridgehead atoms. The molecule has 4 heteroatoms. The number of halogens is 1. The molecule has 0 saturated carbocycles. The molecule has 1 rings (SSSR count). The smallest absolute Gasteiger partial charge is 0.0853 e. The predicted octanol–water partition coefficient (Wildman–Crippen LogP) is 0.622. The van der Waals surface area contributed by atoms with Crippen molar-refractivity contribution in [3.05, 3.63) is 34.3 Å². The molecule has 13 heavy (non-hydrogen) atoms. The highest BCUT2D eigenvalue weighted by molar-refractivity contribution is 9.10. The molecule has 0 amide bonds. The van der Waals surface area contributed by atoms with Crippen LogP contribution in [-0.4, -0.2) is 11.1 Å². The van der Waals surface area contributed by atoms with Crippen LogP contribution in [0.5, 0.6) is 0 Å². The summed E-state index contributed by atoms with van der Waals surface area (Å²) in [5.74, 6) is -1.26. The lowest BCUT2D eigenvalue weighted by atomic mass is 10.1. The van der Waals surface area contributed by atoms with Crippen molar-refractivity contribution in [2.75, 3.05) is 0 Å². The molecule has 0 radical (unpaired) electrons. The number of benzene rings is 1. The van der Waals surface area contributed by atoms with Crippen molar-refractivity contribution in [2.24, 2.45) is 0 Å². The van der Waals surface area contributed by atoms with E-state index in [1.54, 1.807) is 24.3 Å². The van der Waals surface area contributed by atoms with Crippen LogP contribution in [0.2, 0.25) is 0 Å². The number of rotatable bonds is 3. The molecule has 70 valence electrons. The first-order valence-electron chi connectivity index (χ1n) is 3.73. The lowest BCUT2D eigenvalue weighted by Gasteiger charge is -2.12. The third-order valence-electron chi connectivity index (χ3n) is 1.62. The minimum absolute atomic E-state index is 0.386. The van der Waals surface area contributed by atoms with Crippen LogP contribution >= 0.6 is 15.9 Å². The molecule has 0 aliphatic heterocycles. The van der Waals surface area contributed by atoms with Gasteiger partial charge in [0.05, 0.1) is 6.10 Å². The molecular formula is C9H8BrO3-.